The molecule has 2 aliphatic rings. The van der Waals surface area contributed by atoms with E-state index >= 15 is 0 Å². The third kappa shape index (κ3) is 4.99. The van der Waals surface area contributed by atoms with Crippen LogP contribution in [0.3, 0.4) is 0 Å². The number of alkyl halides is 3. The molecule has 6 nitrogen and oxygen atoms in total. The maximum Gasteiger partial charge on any atom is 0.409 e. The van der Waals surface area contributed by atoms with Crippen molar-refractivity contribution in [2.75, 3.05) is 52.4 Å². The van der Waals surface area contributed by atoms with Gasteiger partial charge in [-0.3, -0.25) is 9.69 Å². The summed E-state index contributed by atoms with van der Waals surface area (Å²) in [7, 11) is 0. The Morgan fingerprint density at radius 1 is 1.08 bits per heavy atom. The van der Waals surface area contributed by atoms with E-state index in [9.17, 15) is 22.8 Å². The quantitative estimate of drug-likeness (QED) is 0.774. The van der Waals surface area contributed by atoms with Gasteiger partial charge in [-0.15, -0.1) is 0 Å². The average Bonchev–Trinajstić information content (AvgIpc) is 2.55. The van der Waals surface area contributed by atoms with Crippen molar-refractivity contribution in [2.24, 2.45) is 5.92 Å². The Labute approximate surface area is 139 Å². The highest BCUT2D eigenvalue weighted by Gasteiger charge is 2.42. The molecule has 0 aromatic carbocycles. The summed E-state index contributed by atoms with van der Waals surface area (Å²) in [6.07, 6.45) is -4.14. The fourth-order valence-electron chi connectivity index (χ4n) is 3.07. The summed E-state index contributed by atoms with van der Waals surface area (Å²) in [4.78, 5) is 28.6. The molecule has 1 unspecified atom stereocenters. The number of likely N-dealkylation sites (tertiary alicyclic amines) is 1. The molecule has 0 bridgehead atoms. The van der Waals surface area contributed by atoms with E-state index in [4.69, 9.17) is 4.74 Å². The Balaban J connectivity index is 1.78. The minimum absolute atomic E-state index is 0.0888. The normalized spacial score (nSPS) is 23.2. The maximum atomic E-state index is 12.8. The van der Waals surface area contributed by atoms with Gasteiger partial charge in [0.05, 0.1) is 19.1 Å². The Bertz CT molecular complexity index is 451. The van der Waals surface area contributed by atoms with Crippen molar-refractivity contribution in [3.05, 3.63) is 0 Å². The molecular formula is C15H24F3N3O3. The molecule has 2 heterocycles. The van der Waals surface area contributed by atoms with Crippen LogP contribution in [0.2, 0.25) is 0 Å². The molecule has 2 rings (SSSR count). The first-order valence-corrected chi connectivity index (χ1v) is 8.29. The number of piperazine rings is 1. The zero-order chi connectivity index (χ0) is 17.7. The molecule has 2 saturated heterocycles. The van der Waals surface area contributed by atoms with Crippen molar-refractivity contribution in [3.63, 3.8) is 0 Å². The van der Waals surface area contributed by atoms with Crippen LogP contribution in [0.5, 0.6) is 0 Å². The second kappa shape index (κ2) is 8.04. The molecule has 0 N–H and O–H groups in total. The monoisotopic (exact) mass is 351 g/mol. The van der Waals surface area contributed by atoms with Crippen LogP contribution >= 0.6 is 0 Å². The zero-order valence-electron chi connectivity index (χ0n) is 13.8. The molecule has 1 atom stereocenters. The number of hydrogen-bond donors (Lipinski definition) is 0. The fourth-order valence-corrected chi connectivity index (χ4v) is 3.07. The molecule has 0 radical (unpaired) electrons. The van der Waals surface area contributed by atoms with Crippen LogP contribution in [0.15, 0.2) is 0 Å². The zero-order valence-corrected chi connectivity index (χ0v) is 13.8. The second-order valence-electron chi connectivity index (χ2n) is 6.18. The number of piperidine rings is 1. The highest BCUT2D eigenvalue weighted by molar-refractivity contribution is 5.78. The number of hydrogen-bond acceptors (Lipinski definition) is 4. The van der Waals surface area contributed by atoms with Crippen LogP contribution in [-0.2, 0) is 9.53 Å². The van der Waals surface area contributed by atoms with Gasteiger partial charge in [0.2, 0.25) is 5.91 Å². The lowest BCUT2D eigenvalue weighted by atomic mass is 9.97. The number of amides is 2. The fraction of sp³-hybridized carbons (Fsp3) is 0.867. The summed E-state index contributed by atoms with van der Waals surface area (Å²) in [5, 5.41) is 0. The topological polar surface area (TPSA) is 53.1 Å². The van der Waals surface area contributed by atoms with Crippen LogP contribution in [-0.4, -0.2) is 85.3 Å². The Morgan fingerprint density at radius 2 is 1.75 bits per heavy atom. The van der Waals surface area contributed by atoms with Crippen molar-refractivity contribution in [1.82, 2.24) is 14.7 Å². The highest BCUT2D eigenvalue weighted by Crippen LogP contribution is 2.33. The first-order valence-electron chi connectivity index (χ1n) is 8.29. The summed E-state index contributed by atoms with van der Waals surface area (Å²) in [6, 6.07) is 0. The van der Waals surface area contributed by atoms with E-state index in [2.05, 4.69) is 0 Å². The van der Waals surface area contributed by atoms with Gasteiger partial charge in [-0.25, -0.2) is 4.79 Å². The van der Waals surface area contributed by atoms with E-state index < -0.39 is 12.1 Å². The maximum absolute atomic E-state index is 12.8. The minimum atomic E-state index is -4.25. The standard InChI is InChI=1S/C15H24F3N3O3/c1-2-24-14(23)20-8-6-19(7-9-20)11-13(22)21-5-3-4-12(10-21)15(16,17)18/h12H,2-11H2,1H3. The highest BCUT2D eigenvalue weighted by atomic mass is 19.4. The van der Waals surface area contributed by atoms with Gasteiger partial charge in [0, 0.05) is 39.3 Å². The molecule has 138 valence electrons. The average molecular weight is 351 g/mol. The molecule has 2 aliphatic heterocycles. The molecule has 0 aliphatic carbocycles. The number of rotatable bonds is 3. The van der Waals surface area contributed by atoms with Gasteiger partial charge in [0.15, 0.2) is 0 Å². The lowest BCUT2D eigenvalue weighted by Gasteiger charge is -2.37. The van der Waals surface area contributed by atoms with Crippen LogP contribution in [0.25, 0.3) is 0 Å². The van der Waals surface area contributed by atoms with Crippen molar-refractivity contribution < 1.29 is 27.5 Å². The molecule has 0 spiro atoms. The molecule has 0 saturated carbocycles. The number of nitrogens with zero attached hydrogens (tertiary/aromatic N) is 3. The van der Waals surface area contributed by atoms with Crippen LogP contribution in [0.1, 0.15) is 19.8 Å². The Kier molecular flexibility index (Phi) is 6.31. The number of ether oxygens (including phenoxy) is 1. The van der Waals surface area contributed by atoms with Gasteiger partial charge < -0.3 is 14.5 Å². The largest absolute Gasteiger partial charge is 0.450 e. The number of carbonyl (C=O) groups is 2. The summed E-state index contributed by atoms with van der Waals surface area (Å²) < 4.78 is 43.4. The van der Waals surface area contributed by atoms with Crippen molar-refractivity contribution >= 4 is 12.0 Å². The van der Waals surface area contributed by atoms with E-state index in [0.717, 1.165) is 0 Å². The lowest BCUT2D eigenvalue weighted by molar-refractivity contribution is -0.188. The number of carbonyl (C=O) groups excluding carboxylic acids is 2. The van der Waals surface area contributed by atoms with Gasteiger partial charge in [0.1, 0.15) is 0 Å². The van der Waals surface area contributed by atoms with Crippen molar-refractivity contribution in [3.8, 4) is 0 Å². The molecule has 0 aromatic heterocycles. The Morgan fingerprint density at radius 3 is 2.33 bits per heavy atom. The molecular weight excluding hydrogens is 327 g/mol. The van der Waals surface area contributed by atoms with E-state index in [1.54, 1.807) is 11.8 Å². The van der Waals surface area contributed by atoms with Gasteiger partial charge in [0.25, 0.3) is 0 Å². The summed E-state index contributed by atoms with van der Waals surface area (Å²) >= 11 is 0. The van der Waals surface area contributed by atoms with Crippen molar-refractivity contribution in [2.45, 2.75) is 25.9 Å². The van der Waals surface area contributed by atoms with Gasteiger partial charge in [-0.1, -0.05) is 0 Å². The van der Waals surface area contributed by atoms with E-state index in [0.29, 0.717) is 45.8 Å². The van der Waals surface area contributed by atoms with Gasteiger partial charge >= 0.3 is 12.3 Å². The minimum Gasteiger partial charge on any atom is -0.450 e. The first kappa shape index (κ1) is 18.8. The van der Waals surface area contributed by atoms with Crippen LogP contribution < -0.4 is 0 Å². The van der Waals surface area contributed by atoms with E-state index in [-0.39, 0.29) is 31.5 Å². The van der Waals surface area contributed by atoms with Crippen LogP contribution in [0.4, 0.5) is 18.0 Å². The molecule has 2 amide bonds. The van der Waals surface area contributed by atoms with E-state index in [1.807, 2.05) is 4.90 Å². The SMILES string of the molecule is CCOC(=O)N1CCN(CC(=O)N2CCCC(C(F)(F)F)C2)CC1. The molecule has 9 heteroatoms. The molecule has 2 fully saturated rings. The van der Waals surface area contributed by atoms with Gasteiger partial charge in [-0.2, -0.15) is 13.2 Å². The lowest BCUT2D eigenvalue weighted by Crippen LogP contribution is -2.53. The number of halogens is 3. The smallest absolute Gasteiger partial charge is 0.409 e. The third-order valence-electron chi connectivity index (χ3n) is 4.49. The Hall–Kier alpha value is -1.51. The second-order valence-corrected chi connectivity index (χ2v) is 6.18. The predicted octanol–water partition coefficient (Wildman–Crippen LogP) is 1.56. The summed E-state index contributed by atoms with van der Waals surface area (Å²) in [5.41, 5.74) is 0. The molecule has 0 aromatic rings. The molecule has 24 heavy (non-hydrogen) atoms. The third-order valence-corrected chi connectivity index (χ3v) is 4.49. The van der Waals surface area contributed by atoms with Crippen LogP contribution in [0, 0.1) is 5.92 Å². The first-order chi connectivity index (χ1) is 11.3. The van der Waals surface area contributed by atoms with Crippen molar-refractivity contribution in [1.29, 1.82) is 0 Å². The predicted molar refractivity (Wildman–Crippen MR) is 80.4 cm³/mol. The summed E-state index contributed by atoms with van der Waals surface area (Å²) in [6.45, 7) is 4.23. The van der Waals surface area contributed by atoms with Gasteiger partial charge in [-0.05, 0) is 19.8 Å². The summed E-state index contributed by atoms with van der Waals surface area (Å²) in [5.74, 6) is -1.69. The van der Waals surface area contributed by atoms with E-state index in [1.165, 1.54) is 4.90 Å².